The molecule has 1 atom stereocenters. The van der Waals surface area contributed by atoms with Gasteiger partial charge in [-0.2, -0.15) is 0 Å². The van der Waals surface area contributed by atoms with Crippen LogP contribution in [0.4, 0.5) is 10.5 Å². The summed E-state index contributed by atoms with van der Waals surface area (Å²) >= 11 is 5.98. The summed E-state index contributed by atoms with van der Waals surface area (Å²) in [5.41, 5.74) is 5.92. The number of nitrogens with two attached hydrogens (primary N) is 1. The van der Waals surface area contributed by atoms with Crippen LogP contribution in [0.3, 0.4) is 0 Å². The number of hydrogen-bond acceptors (Lipinski definition) is 6. The van der Waals surface area contributed by atoms with Crippen molar-refractivity contribution >= 4 is 45.2 Å². The third-order valence-electron chi connectivity index (χ3n) is 4.84. The average Bonchev–Trinajstić information content (AvgIpc) is 2.83. The molecule has 9 nitrogen and oxygen atoms in total. The number of sulfonamides is 1. The molecule has 0 bridgehead atoms. The lowest BCUT2D eigenvalue weighted by Crippen LogP contribution is -2.42. The number of benzene rings is 3. The predicted molar refractivity (Wildman–Crippen MR) is 130 cm³/mol. The molecule has 0 aliphatic heterocycles. The lowest BCUT2D eigenvalue weighted by Gasteiger charge is -2.25. The SMILES string of the molecule is C[C@@H](OC(=O)c1cccc(S(=O)(=O)N(Cc2ccccc2)c2ccc(Cl)cc2)c1)C(=O)NC(N)=O. The largest absolute Gasteiger partial charge is 0.449 e. The highest BCUT2D eigenvalue weighted by atomic mass is 35.5. The van der Waals surface area contributed by atoms with Crippen LogP contribution in [-0.4, -0.2) is 32.4 Å². The smallest absolute Gasteiger partial charge is 0.338 e. The molecule has 0 heterocycles. The van der Waals surface area contributed by atoms with E-state index in [1.807, 2.05) is 6.07 Å². The van der Waals surface area contributed by atoms with Crippen molar-refractivity contribution in [1.82, 2.24) is 5.32 Å². The standard InChI is InChI=1S/C24H22ClN3O6S/c1-16(22(29)27-24(26)31)34-23(30)18-8-5-9-21(14-18)35(32,33)28(15-17-6-3-2-4-7-17)20-12-10-19(25)11-13-20/h2-14,16H,15H2,1H3,(H3,26,27,29,31)/t16-/m1/s1. The number of rotatable bonds is 8. The van der Waals surface area contributed by atoms with Crippen LogP contribution in [-0.2, 0) is 26.1 Å². The lowest BCUT2D eigenvalue weighted by molar-refractivity contribution is -0.127. The second-order valence-corrected chi connectivity index (χ2v) is 9.70. The molecule has 3 aromatic rings. The molecule has 0 unspecified atom stereocenters. The highest BCUT2D eigenvalue weighted by Gasteiger charge is 2.27. The number of amides is 3. The fourth-order valence-electron chi connectivity index (χ4n) is 3.09. The van der Waals surface area contributed by atoms with E-state index < -0.39 is 34.0 Å². The Labute approximate surface area is 207 Å². The predicted octanol–water partition coefficient (Wildman–Crippen LogP) is 3.48. The van der Waals surface area contributed by atoms with Crippen LogP contribution < -0.4 is 15.4 Å². The number of halogens is 1. The second kappa shape index (κ2) is 11.0. The van der Waals surface area contributed by atoms with Crippen molar-refractivity contribution in [3.63, 3.8) is 0 Å². The molecule has 0 aliphatic rings. The maximum Gasteiger partial charge on any atom is 0.338 e. The summed E-state index contributed by atoms with van der Waals surface area (Å²) in [5, 5.41) is 2.26. The van der Waals surface area contributed by atoms with Crippen molar-refractivity contribution in [2.45, 2.75) is 24.5 Å². The van der Waals surface area contributed by atoms with E-state index in [1.165, 1.54) is 29.4 Å². The number of ether oxygens (including phenoxy) is 1. The van der Waals surface area contributed by atoms with E-state index in [2.05, 4.69) is 0 Å². The summed E-state index contributed by atoms with van der Waals surface area (Å²) in [4.78, 5) is 35.0. The first-order chi connectivity index (χ1) is 16.6. The molecule has 0 radical (unpaired) electrons. The number of nitrogens with one attached hydrogen (secondary N) is 1. The highest BCUT2D eigenvalue weighted by molar-refractivity contribution is 7.92. The Kier molecular flexibility index (Phi) is 8.10. The van der Waals surface area contributed by atoms with Gasteiger partial charge in [0.1, 0.15) is 0 Å². The number of carbonyl (C=O) groups is 3. The minimum absolute atomic E-state index is 0.0316. The number of imide groups is 1. The lowest BCUT2D eigenvalue weighted by atomic mass is 10.2. The fraction of sp³-hybridized carbons (Fsp3) is 0.125. The number of hydrogen-bond donors (Lipinski definition) is 2. The average molecular weight is 516 g/mol. The van der Waals surface area contributed by atoms with Gasteiger partial charge in [-0.25, -0.2) is 18.0 Å². The molecular formula is C24H22ClN3O6S. The van der Waals surface area contributed by atoms with E-state index >= 15 is 0 Å². The van der Waals surface area contributed by atoms with Gasteiger partial charge in [0.05, 0.1) is 22.7 Å². The summed E-state index contributed by atoms with van der Waals surface area (Å²) in [6.45, 7) is 1.28. The first-order valence-electron chi connectivity index (χ1n) is 10.3. The van der Waals surface area contributed by atoms with Crippen LogP contribution >= 0.6 is 11.6 Å². The zero-order chi connectivity index (χ0) is 25.6. The maximum absolute atomic E-state index is 13.7. The third-order valence-corrected chi connectivity index (χ3v) is 6.86. The summed E-state index contributed by atoms with van der Waals surface area (Å²) in [6.07, 6.45) is -1.33. The molecule has 0 saturated carbocycles. The van der Waals surface area contributed by atoms with Gasteiger partial charge in [0.2, 0.25) is 0 Å². The Bertz CT molecular complexity index is 1330. The van der Waals surface area contributed by atoms with Crippen LogP contribution in [0.5, 0.6) is 0 Å². The van der Waals surface area contributed by atoms with Gasteiger partial charge in [-0.1, -0.05) is 48.0 Å². The molecule has 3 aromatic carbocycles. The molecule has 182 valence electrons. The van der Waals surface area contributed by atoms with Gasteiger partial charge >= 0.3 is 12.0 Å². The Morgan fingerprint density at radius 2 is 1.66 bits per heavy atom. The first kappa shape index (κ1) is 25.7. The zero-order valence-electron chi connectivity index (χ0n) is 18.6. The van der Waals surface area contributed by atoms with Gasteiger partial charge in [-0.15, -0.1) is 0 Å². The number of urea groups is 1. The van der Waals surface area contributed by atoms with E-state index in [4.69, 9.17) is 22.1 Å². The van der Waals surface area contributed by atoms with E-state index in [0.717, 1.165) is 11.6 Å². The van der Waals surface area contributed by atoms with E-state index in [1.54, 1.807) is 53.8 Å². The molecule has 0 aliphatic carbocycles. The van der Waals surface area contributed by atoms with Crippen molar-refractivity contribution in [3.8, 4) is 0 Å². The van der Waals surface area contributed by atoms with E-state index in [-0.39, 0.29) is 17.0 Å². The van der Waals surface area contributed by atoms with Crippen LogP contribution in [0.15, 0.2) is 83.8 Å². The Morgan fingerprint density at radius 1 is 1.00 bits per heavy atom. The van der Waals surface area contributed by atoms with Crippen LogP contribution in [0.25, 0.3) is 0 Å². The zero-order valence-corrected chi connectivity index (χ0v) is 20.1. The van der Waals surface area contributed by atoms with Crippen LogP contribution in [0.1, 0.15) is 22.8 Å². The molecule has 3 N–H and O–H groups in total. The minimum atomic E-state index is -4.14. The number of carbonyl (C=O) groups excluding carboxylic acids is 3. The summed E-state index contributed by atoms with van der Waals surface area (Å²) < 4.78 is 33.6. The summed E-state index contributed by atoms with van der Waals surface area (Å²) in [5.74, 6) is -1.86. The van der Waals surface area contributed by atoms with Crippen LogP contribution in [0, 0.1) is 0 Å². The maximum atomic E-state index is 13.7. The number of nitrogens with zero attached hydrogens (tertiary/aromatic N) is 1. The normalized spacial score (nSPS) is 11.8. The topological polar surface area (TPSA) is 136 Å². The molecule has 3 amide bonds. The summed E-state index contributed by atoms with van der Waals surface area (Å²) in [7, 11) is -4.14. The second-order valence-electron chi connectivity index (χ2n) is 7.40. The van der Waals surface area contributed by atoms with Gasteiger partial charge in [0.25, 0.3) is 15.9 Å². The molecule has 35 heavy (non-hydrogen) atoms. The van der Waals surface area contributed by atoms with Crippen LogP contribution in [0.2, 0.25) is 5.02 Å². The summed E-state index contributed by atoms with van der Waals surface area (Å²) in [6, 6.07) is 19.5. The van der Waals surface area contributed by atoms with Crippen molar-refractivity contribution in [2.24, 2.45) is 5.73 Å². The first-order valence-corrected chi connectivity index (χ1v) is 12.1. The van der Waals surface area contributed by atoms with Crippen molar-refractivity contribution in [2.75, 3.05) is 4.31 Å². The molecule has 3 rings (SSSR count). The Hall–Kier alpha value is -3.89. The van der Waals surface area contributed by atoms with Gasteiger partial charge in [-0.3, -0.25) is 14.4 Å². The molecular weight excluding hydrogens is 494 g/mol. The Morgan fingerprint density at radius 3 is 2.29 bits per heavy atom. The molecule has 0 saturated heterocycles. The molecule has 0 aromatic heterocycles. The number of primary amides is 1. The van der Waals surface area contributed by atoms with Gasteiger partial charge in [0.15, 0.2) is 6.10 Å². The van der Waals surface area contributed by atoms with E-state index in [9.17, 15) is 22.8 Å². The fourth-order valence-corrected chi connectivity index (χ4v) is 4.71. The molecule has 0 spiro atoms. The van der Waals surface area contributed by atoms with E-state index in [0.29, 0.717) is 10.7 Å². The number of esters is 1. The molecule has 11 heteroatoms. The van der Waals surface area contributed by atoms with Crippen molar-refractivity contribution < 1.29 is 27.5 Å². The van der Waals surface area contributed by atoms with Crippen molar-refractivity contribution in [3.05, 3.63) is 95.0 Å². The minimum Gasteiger partial charge on any atom is -0.449 e. The number of anilines is 1. The highest BCUT2D eigenvalue weighted by Crippen LogP contribution is 2.28. The monoisotopic (exact) mass is 515 g/mol. The van der Waals surface area contributed by atoms with Gasteiger partial charge < -0.3 is 10.5 Å². The van der Waals surface area contributed by atoms with Crippen molar-refractivity contribution in [1.29, 1.82) is 0 Å². The Balaban J connectivity index is 1.93. The third kappa shape index (κ3) is 6.58. The van der Waals surface area contributed by atoms with Gasteiger partial charge in [0, 0.05) is 5.02 Å². The van der Waals surface area contributed by atoms with Gasteiger partial charge in [-0.05, 0) is 55.0 Å². The quantitative estimate of drug-likeness (QED) is 0.441. The molecule has 0 fully saturated rings.